The molecule has 0 aliphatic rings. The van der Waals surface area contributed by atoms with Crippen molar-refractivity contribution >= 4 is 0 Å². The molecule has 5 rings (SSSR count). The van der Waals surface area contributed by atoms with E-state index in [1.54, 1.807) is 23.0 Å². The monoisotopic (exact) mass is 448 g/mol. The van der Waals surface area contributed by atoms with Gasteiger partial charge < -0.3 is 0 Å². The standard InChI is InChI=1S/C23H15F3N6O/c24-18-12-15(16-13-28-31(14-16)23(25)26)6-7-19(18)30-11-9-21(33)22(29-30)20-8-10-27-32(20)17-4-2-1-3-5-17/h1-14,23H. The summed E-state index contributed by atoms with van der Waals surface area (Å²) in [6.45, 7) is -2.78. The molecule has 5 aromatic rings. The van der Waals surface area contributed by atoms with Crippen LogP contribution in [0.15, 0.2) is 90.2 Å². The smallest absolute Gasteiger partial charge is 0.287 e. The Bertz CT molecular complexity index is 1490. The van der Waals surface area contributed by atoms with Crippen LogP contribution in [0.4, 0.5) is 13.2 Å². The normalized spacial score (nSPS) is 11.3. The summed E-state index contributed by atoms with van der Waals surface area (Å²) in [6.07, 6.45) is 5.29. The van der Waals surface area contributed by atoms with Crippen LogP contribution in [-0.2, 0) is 0 Å². The highest BCUT2D eigenvalue weighted by atomic mass is 19.3. The lowest BCUT2D eigenvalue weighted by molar-refractivity contribution is 0.0566. The lowest BCUT2D eigenvalue weighted by atomic mass is 10.1. The molecule has 164 valence electrons. The van der Waals surface area contributed by atoms with Crippen molar-refractivity contribution in [1.82, 2.24) is 29.3 Å². The maximum atomic E-state index is 15.0. The first kappa shape index (κ1) is 20.4. The molecule has 10 heteroatoms. The first-order valence-electron chi connectivity index (χ1n) is 9.84. The quantitative estimate of drug-likeness (QED) is 0.398. The Hall–Kier alpha value is -4.47. The fourth-order valence-corrected chi connectivity index (χ4v) is 3.44. The van der Waals surface area contributed by atoms with E-state index in [-0.39, 0.29) is 16.8 Å². The predicted octanol–water partition coefficient (Wildman–Crippen LogP) is 4.48. The zero-order valence-corrected chi connectivity index (χ0v) is 16.9. The van der Waals surface area contributed by atoms with Gasteiger partial charge in [-0.05, 0) is 35.9 Å². The van der Waals surface area contributed by atoms with E-state index in [2.05, 4.69) is 15.3 Å². The van der Waals surface area contributed by atoms with Crippen molar-refractivity contribution in [3.63, 3.8) is 0 Å². The molecule has 0 N–H and O–H groups in total. The van der Waals surface area contributed by atoms with E-state index < -0.39 is 12.4 Å². The lowest BCUT2D eigenvalue weighted by Gasteiger charge is -2.11. The summed E-state index contributed by atoms with van der Waals surface area (Å²) in [4.78, 5) is 12.6. The van der Waals surface area contributed by atoms with Crippen molar-refractivity contribution in [1.29, 1.82) is 0 Å². The topological polar surface area (TPSA) is 70.5 Å². The minimum Gasteiger partial charge on any atom is -0.287 e. The van der Waals surface area contributed by atoms with E-state index in [0.29, 0.717) is 21.5 Å². The number of halogens is 3. The van der Waals surface area contributed by atoms with E-state index in [0.717, 1.165) is 11.9 Å². The minimum absolute atomic E-state index is 0.0898. The highest BCUT2D eigenvalue weighted by Crippen LogP contribution is 2.25. The Balaban J connectivity index is 1.54. The average molecular weight is 448 g/mol. The molecule has 0 fully saturated rings. The highest BCUT2D eigenvalue weighted by molar-refractivity contribution is 5.64. The molecule has 3 aromatic heterocycles. The SMILES string of the molecule is O=c1ccn(-c2ccc(-c3cnn(C(F)F)c3)cc2F)nc1-c1ccnn1-c1ccccc1. The van der Waals surface area contributed by atoms with Crippen molar-refractivity contribution < 1.29 is 13.2 Å². The molecule has 0 radical (unpaired) electrons. The molecule has 0 atom stereocenters. The van der Waals surface area contributed by atoms with E-state index in [1.807, 2.05) is 30.3 Å². The molecule has 0 unspecified atom stereocenters. The predicted molar refractivity (Wildman–Crippen MR) is 115 cm³/mol. The fourth-order valence-electron chi connectivity index (χ4n) is 3.44. The van der Waals surface area contributed by atoms with Gasteiger partial charge in [-0.15, -0.1) is 0 Å². The van der Waals surface area contributed by atoms with E-state index in [4.69, 9.17) is 0 Å². The Labute approximate surface area is 185 Å². The second kappa shape index (κ2) is 8.23. The highest BCUT2D eigenvalue weighted by Gasteiger charge is 2.16. The molecule has 0 amide bonds. The van der Waals surface area contributed by atoms with Crippen molar-refractivity contribution in [3.05, 3.63) is 101 Å². The third-order valence-electron chi connectivity index (χ3n) is 5.02. The lowest BCUT2D eigenvalue weighted by Crippen LogP contribution is -2.15. The second-order valence-corrected chi connectivity index (χ2v) is 7.09. The summed E-state index contributed by atoms with van der Waals surface area (Å²) >= 11 is 0. The van der Waals surface area contributed by atoms with Gasteiger partial charge in [0.2, 0.25) is 5.43 Å². The summed E-state index contributed by atoms with van der Waals surface area (Å²) in [5, 5.41) is 12.2. The van der Waals surface area contributed by atoms with Gasteiger partial charge in [-0.2, -0.15) is 24.1 Å². The zero-order chi connectivity index (χ0) is 22.9. The zero-order valence-electron chi connectivity index (χ0n) is 16.9. The largest absolute Gasteiger partial charge is 0.333 e. The number of para-hydroxylation sites is 1. The van der Waals surface area contributed by atoms with Crippen LogP contribution >= 0.6 is 0 Å². The molecule has 2 aromatic carbocycles. The van der Waals surface area contributed by atoms with E-state index in [9.17, 15) is 18.0 Å². The van der Waals surface area contributed by atoms with Gasteiger partial charge in [0.1, 0.15) is 11.5 Å². The number of nitrogens with zero attached hydrogens (tertiary/aromatic N) is 6. The van der Waals surface area contributed by atoms with Crippen molar-refractivity contribution in [2.45, 2.75) is 6.55 Å². The summed E-state index contributed by atoms with van der Waals surface area (Å²) in [5.74, 6) is -0.643. The van der Waals surface area contributed by atoms with Gasteiger partial charge in [-0.3, -0.25) is 4.79 Å². The average Bonchev–Trinajstić information content (AvgIpc) is 3.51. The van der Waals surface area contributed by atoms with Crippen LogP contribution < -0.4 is 5.43 Å². The van der Waals surface area contributed by atoms with Crippen molar-refractivity contribution in [3.8, 4) is 33.9 Å². The maximum Gasteiger partial charge on any atom is 0.333 e. The summed E-state index contributed by atoms with van der Waals surface area (Å²) in [5.41, 5.74) is 1.77. The van der Waals surface area contributed by atoms with Crippen LogP contribution in [0.1, 0.15) is 6.55 Å². The van der Waals surface area contributed by atoms with Gasteiger partial charge in [0.05, 0.1) is 23.8 Å². The number of hydrogen-bond donors (Lipinski definition) is 0. The number of benzene rings is 2. The maximum absolute atomic E-state index is 15.0. The third kappa shape index (κ3) is 3.82. The van der Waals surface area contributed by atoms with Gasteiger partial charge in [0.15, 0.2) is 5.69 Å². The van der Waals surface area contributed by atoms with E-state index >= 15 is 0 Å². The number of hydrogen-bond acceptors (Lipinski definition) is 4. The fraction of sp³-hybridized carbons (Fsp3) is 0.0435. The van der Waals surface area contributed by atoms with Gasteiger partial charge in [-0.1, -0.05) is 24.3 Å². The van der Waals surface area contributed by atoms with Gasteiger partial charge in [-0.25, -0.2) is 18.4 Å². The number of aromatic nitrogens is 6. The van der Waals surface area contributed by atoms with Crippen molar-refractivity contribution in [2.24, 2.45) is 0 Å². The second-order valence-electron chi connectivity index (χ2n) is 7.09. The van der Waals surface area contributed by atoms with Crippen LogP contribution in [0.2, 0.25) is 0 Å². The molecular formula is C23H15F3N6O. The summed E-state index contributed by atoms with van der Waals surface area (Å²) in [7, 11) is 0. The van der Waals surface area contributed by atoms with Crippen LogP contribution in [0, 0.1) is 5.82 Å². The minimum atomic E-state index is -2.78. The molecule has 0 spiro atoms. The molecule has 7 nitrogen and oxygen atoms in total. The molecular weight excluding hydrogens is 433 g/mol. The van der Waals surface area contributed by atoms with Crippen molar-refractivity contribution in [2.75, 3.05) is 0 Å². The van der Waals surface area contributed by atoms with Crippen LogP contribution in [0.5, 0.6) is 0 Å². The molecule has 0 saturated carbocycles. The van der Waals surface area contributed by atoms with E-state index in [1.165, 1.54) is 35.3 Å². The Morgan fingerprint density at radius 2 is 1.73 bits per heavy atom. The first-order chi connectivity index (χ1) is 16.0. The molecule has 0 aliphatic heterocycles. The first-order valence-corrected chi connectivity index (χ1v) is 9.84. The Morgan fingerprint density at radius 3 is 2.45 bits per heavy atom. The Kier molecular flexibility index (Phi) is 5.09. The molecule has 0 bridgehead atoms. The third-order valence-corrected chi connectivity index (χ3v) is 5.02. The molecule has 3 heterocycles. The molecule has 0 aliphatic carbocycles. The molecule has 0 saturated heterocycles. The van der Waals surface area contributed by atoms with Gasteiger partial charge >= 0.3 is 6.55 Å². The number of rotatable bonds is 5. The van der Waals surface area contributed by atoms with Crippen LogP contribution in [0.3, 0.4) is 0 Å². The van der Waals surface area contributed by atoms with Crippen LogP contribution in [-0.4, -0.2) is 29.3 Å². The van der Waals surface area contributed by atoms with Gasteiger partial charge in [0, 0.05) is 24.0 Å². The summed E-state index contributed by atoms with van der Waals surface area (Å²) < 4.78 is 43.8. The number of alkyl halides is 2. The summed E-state index contributed by atoms with van der Waals surface area (Å²) in [6, 6.07) is 16.4. The van der Waals surface area contributed by atoms with Gasteiger partial charge in [0.25, 0.3) is 0 Å². The van der Waals surface area contributed by atoms with Crippen LogP contribution in [0.25, 0.3) is 33.9 Å². The Morgan fingerprint density at radius 1 is 0.909 bits per heavy atom. The molecule has 33 heavy (non-hydrogen) atoms.